The van der Waals surface area contributed by atoms with Gasteiger partial charge in [-0.15, -0.1) is 0 Å². The normalized spacial score (nSPS) is 21.9. The van der Waals surface area contributed by atoms with Crippen LogP contribution in [0.4, 0.5) is 0 Å². The average molecular weight is 294 g/mol. The SMILES string of the molecule is [2H]C1(Cn2ccnc2C)CCc2c(c3ccccc3n2C)C1=O. The molecule has 0 saturated carbocycles. The number of para-hydroxylation sites is 1. The van der Waals surface area contributed by atoms with Crippen LogP contribution in [0.3, 0.4) is 0 Å². The van der Waals surface area contributed by atoms with Gasteiger partial charge in [0.2, 0.25) is 0 Å². The molecule has 0 bridgehead atoms. The molecule has 0 spiro atoms. The van der Waals surface area contributed by atoms with E-state index in [0.29, 0.717) is 13.0 Å². The highest BCUT2D eigenvalue weighted by Crippen LogP contribution is 2.34. The van der Waals surface area contributed by atoms with Gasteiger partial charge in [0.05, 0.1) is 0 Å². The molecular formula is C18H19N3O. The second kappa shape index (κ2) is 4.83. The minimum atomic E-state index is -1.12. The molecule has 1 aliphatic rings. The summed E-state index contributed by atoms with van der Waals surface area (Å²) in [5, 5.41) is 0.966. The third-order valence-electron chi connectivity index (χ3n) is 4.72. The third kappa shape index (κ3) is 1.83. The van der Waals surface area contributed by atoms with Crippen LogP contribution < -0.4 is 0 Å². The topological polar surface area (TPSA) is 39.8 Å². The quantitative estimate of drug-likeness (QED) is 0.728. The second-order valence-corrected chi connectivity index (χ2v) is 5.93. The number of aromatic nitrogens is 3. The number of hydrogen-bond donors (Lipinski definition) is 0. The molecule has 0 fully saturated rings. The Morgan fingerprint density at radius 2 is 2.23 bits per heavy atom. The van der Waals surface area contributed by atoms with Crippen molar-refractivity contribution in [2.45, 2.75) is 26.3 Å². The Bertz CT molecular complexity index is 924. The van der Waals surface area contributed by atoms with Gasteiger partial charge in [-0.05, 0) is 25.8 Å². The minimum absolute atomic E-state index is 0.0661. The Hall–Kier alpha value is -2.36. The highest BCUT2D eigenvalue weighted by Gasteiger charge is 2.32. The first kappa shape index (κ1) is 12.2. The van der Waals surface area contributed by atoms with E-state index in [1.807, 2.05) is 49.0 Å². The molecule has 0 amide bonds. The van der Waals surface area contributed by atoms with Gasteiger partial charge >= 0.3 is 0 Å². The lowest BCUT2D eigenvalue weighted by molar-refractivity contribution is 0.0888. The van der Waals surface area contributed by atoms with Crippen molar-refractivity contribution >= 4 is 16.7 Å². The van der Waals surface area contributed by atoms with E-state index in [0.717, 1.165) is 34.4 Å². The zero-order valence-electron chi connectivity index (χ0n) is 13.8. The Kier molecular flexibility index (Phi) is 2.68. The molecule has 0 radical (unpaired) electrons. The fourth-order valence-corrected chi connectivity index (χ4v) is 3.48. The molecule has 4 heteroatoms. The van der Waals surface area contributed by atoms with Crippen molar-refractivity contribution in [3.63, 3.8) is 0 Å². The van der Waals surface area contributed by atoms with E-state index in [9.17, 15) is 4.79 Å². The number of nitrogens with zero attached hydrogens (tertiary/aromatic N) is 3. The highest BCUT2D eigenvalue weighted by atomic mass is 16.1. The van der Waals surface area contributed by atoms with Crippen molar-refractivity contribution in [3.05, 3.63) is 53.7 Å². The fraction of sp³-hybridized carbons (Fsp3) is 0.333. The van der Waals surface area contributed by atoms with Crippen LogP contribution in [0.5, 0.6) is 0 Å². The smallest absolute Gasteiger partial charge is 0.170 e. The lowest BCUT2D eigenvalue weighted by Gasteiger charge is -2.23. The Balaban J connectivity index is 1.83. The zero-order chi connectivity index (χ0) is 16.2. The van der Waals surface area contributed by atoms with Crippen LogP contribution in [0.25, 0.3) is 10.9 Å². The van der Waals surface area contributed by atoms with Gasteiger partial charge in [-0.2, -0.15) is 0 Å². The Labute approximate surface area is 130 Å². The van der Waals surface area contributed by atoms with Crippen molar-refractivity contribution in [1.29, 1.82) is 0 Å². The molecule has 0 aliphatic heterocycles. The lowest BCUT2D eigenvalue weighted by Crippen LogP contribution is -2.27. The van der Waals surface area contributed by atoms with Crippen molar-refractivity contribution < 1.29 is 6.17 Å². The summed E-state index contributed by atoms with van der Waals surface area (Å²) in [5.41, 5.74) is 2.86. The zero-order valence-corrected chi connectivity index (χ0v) is 12.8. The van der Waals surface area contributed by atoms with Gasteiger partial charge in [0, 0.05) is 55.4 Å². The minimum Gasteiger partial charge on any atom is -0.347 e. The van der Waals surface area contributed by atoms with Crippen LogP contribution in [0.15, 0.2) is 36.7 Å². The number of fused-ring (bicyclic) bond motifs is 3. The molecule has 3 aromatic rings. The molecule has 1 atom stereocenters. The number of Topliss-reactive ketones (excluding diaryl/α,β-unsaturated/α-hetero) is 1. The molecule has 112 valence electrons. The summed E-state index contributed by atoms with van der Waals surface area (Å²) in [6, 6.07) is 7.96. The summed E-state index contributed by atoms with van der Waals surface area (Å²) in [4.78, 5) is 17.4. The number of hydrogen-bond acceptors (Lipinski definition) is 2. The predicted molar refractivity (Wildman–Crippen MR) is 86.0 cm³/mol. The number of benzene rings is 1. The summed E-state index contributed by atoms with van der Waals surface area (Å²) in [6.07, 6.45) is 4.86. The van der Waals surface area contributed by atoms with Crippen LogP contribution >= 0.6 is 0 Å². The van der Waals surface area contributed by atoms with Crippen molar-refractivity contribution in [3.8, 4) is 0 Å². The van der Waals surface area contributed by atoms with Gasteiger partial charge in [-0.3, -0.25) is 4.79 Å². The maximum Gasteiger partial charge on any atom is 0.170 e. The third-order valence-corrected chi connectivity index (χ3v) is 4.72. The molecule has 4 nitrogen and oxygen atoms in total. The van der Waals surface area contributed by atoms with Crippen molar-refractivity contribution in [2.75, 3.05) is 0 Å². The molecular weight excluding hydrogens is 274 g/mol. The summed E-state index contributed by atoms with van der Waals surface area (Å²) in [6.45, 7) is 2.26. The summed E-state index contributed by atoms with van der Waals surface area (Å²) >= 11 is 0. The predicted octanol–water partition coefficient (Wildman–Crippen LogP) is 3.13. The molecule has 0 N–H and O–H groups in total. The maximum atomic E-state index is 13.2. The van der Waals surface area contributed by atoms with Crippen molar-refractivity contribution in [2.24, 2.45) is 12.9 Å². The van der Waals surface area contributed by atoms with Gasteiger partial charge in [0.25, 0.3) is 0 Å². The summed E-state index contributed by atoms with van der Waals surface area (Å²) in [5.74, 6) is -0.348. The van der Waals surface area contributed by atoms with Crippen LogP contribution in [-0.2, 0) is 20.0 Å². The molecule has 4 rings (SSSR count). The van der Waals surface area contributed by atoms with Gasteiger partial charge < -0.3 is 9.13 Å². The van der Waals surface area contributed by atoms with E-state index in [1.54, 1.807) is 6.20 Å². The average Bonchev–Trinajstić information content (AvgIpc) is 3.06. The van der Waals surface area contributed by atoms with Crippen molar-refractivity contribution in [1.82, 2.24) is 14.1 Å². The van der Waals surface area contributed by atoms with Gasteiger partial charge in [0.15, 0.2) is 5.78 Å². The van der Waals surface area contributed by atoms with E-state index in [2.05, 4.69) is 9.55 Å². The molecule has 2 heterocycles. The number of ketones is 1. The highest BCUT2D eigenvalue weighted by molar-refractivity contribution is 6.11. The lowest BCUT2D eigenvalue weighted by atomic mass is 9.85. The second-order valence-electron chi connectivity index (χ2n) is 5.93. The molecule has 1 aliphatic carbocycles. The Morgan fingerprint density at radius 3 is 3.00 bits per heavy atom. The van der Waals surface area contributed by atoms with Crippen LogP contribution in [-0.4, -0.2) is 19.9 Å². The van der Waals surface area contributed by atoms with Gasteiger partial charge in [-0.25, -0.2) is 4.98 Å². The fourth-order valence-electron chi connectivity index (χ4n) is 3.48. The number of aryl methyl sites for hydroxylation is 2. The summed E-state index contributed by atoms with van der Waals surface area (Å²) < 4.78 is 12.8. The standard InChI is InChI=1S/C18H19N3O/c1-12-19-9-10-21(12)11-13-7-8-16-17(18(13)22)14-5-3-4-6-15(14)20(16)2/h3-6,9-10,13H,7-8,11H2,1-2H3/i13D. The number of carbonyl (C=O) groups excluding carboxylic acids is 1. The largest absolute Gasteiger partial charge is 0.347 e. The van der Waals surface area contributed by atoms with E-state index in [4.69, 9.17) is 1.37 Å². The number of imidazole rings is 1. The van der Waals surface area contributed by atoms with E-state index in [1.165, 1.54) is 0 Å². The first-order valence-corrected chi connectivity index (χ1v) is 7.60. The maximum absolute atomic E-state index is 13.2. The summed E-state index contributed by atoms with van der Waals surface area (Å²) in [7, 11) is 2.01. The first-order chi connectivity index (χ1) is 11.0. The van der Waals surface area contributed by atoms with Crippen LogP contribution in [0.2, 0.25) is 0 Å². The van der Waals surface area contributed by atoms with Crippen LogP contribution in [0.1, 0.15) is 29.7 Å². The number of carbonyl (C=O) groups is 1. The monoisotopic (exact) mass is 294 g/mol. The van der Waals surface area contributed by atoms with E-state index >= 15 is 0 Å². The Morgan fingerprint density at radius 1 is 1.41 bits per heavy atom. The first-order valence-electron chi connectivity index (χ1n) is 8.10. The van der Waals surface area contributed by atoms with E-state index < -0.39 is 5.89 Å². The molecule has 1 unspecified atom stereocenters. The van der Waals surface area contributed by atoms with Crippen LogP contribution in [0, 0.1) is 12.8 Å². The van der Waals surface area contributed by atoms with Gasteiger partial charge in [-0.1, -0.05) is 18.2 Å². The molecule has 2 aromatic heterocycles. The van der Waals surface area contributed by atoms with E-state index in [-0.39, 0.29) is 5.78 Å². The number of rotatable bonds is 2. The molecule has 0 saturated heterocycles. The van der Waals surface area contributed by atoms with Gasteiger partial charge in [0.1, 0.15) is 5.82 Å². The molecule has 22 heavy (non-hydrogen) atoms. The molecule has 1 aromatic carbocycles.